The van der Waals surface area contributed by atoms with E-state index < -0.39 is 0 Å². The van der Waals surface area contributed by atoms with Crippen LogP contribution in [0.1, 0.15) is 37.3 Å². The molecule has 0 aliphatic carbocycles. The summed E-state index contributed by atoms with van der Waals surface area (Å²) in [5, 5.41) is 2.81. The summed E-state index contributed by atoms with van der Waals surface area (Å²) in [5.74, 6) is 2.01. The van der Waals surface area contributed by atoms with Crippen molar-refractivity contribution >= 4 is 12.0 Å². The van der Waals surface area contributed by atoms with E-state index in [9.17, 15) is 4.79 Å². The van der Waals surface area contributed by atoms with E-state index in [1.165, 1.54) is 11.6 Å². The van der Waals surface area contributed by atoms with Gasteiger partial charge in [0.1, 0.15) is 12.4 Å². The molecule has 0 unspecified atom stereocenters. The van der Waals surface area contributed by atoms with Crippen molar-refractivity contribution in [2.45, 2.75) is 33.1 Å². The number of hydrogen-bond acceptors (Lipinski definition) is 4. The van der Waals surface area contributed by atoms with Crippen molar-refractivity contribution in [3.05, 3.63) is 59.7 Å². The number of amides is 1. The molecule has 0 heterocycles. The highest BCUT2D eigenvalue weighted by molar-refractivity contribution is 5.91. The van der Waals surface area contributed by atoms with Crippen LogP contribution in [-0.2, 0) is 4.79 Å². The summed E-state index contributed by atoms with van der Waals surface area (Å²) in [5.41, 5.74) is 2.05. The predicted molar refractivity (Wildman–Crippen MR) is 117 cm³/mol. The van der Waals surface area contributed by atoms with Gasteiger partial charge < -0.3 is 19.5 Å². The van der Waals surface area contributed by atoms with Crippen molar-refractivity contribution in [1.82, 2.24) is 5.32 Å². The summed E-state index contributed by atoms with van der Waals surface area (Å²) in [6.45, 7) is 5.72. The van der Waals surface area contributed by atoms with Gasteiger partial charge >= 0.3 is 0 Å². The lowest BCUT2D eigenvalue weighted by atomic mass is 10.2. The molecule has 0 fully saturated rings. The molecule has 156 valence electrons. The first-order valence-corrected chi connectivity index (χ1v) is 10.1. The number of nitrogens with one attached hydrogen (secondary N) is 1. The Labute approximate surface area is 173 Å². The third-order valence-electron chi connectivity index (χ3n) is 4.31. The summed E-state index contributed by atoms with van der Waals surface area (Å²) in [6.07, 6.45) is 6.58. The van der Waals surface area contributed by atoms with Gasteiger partial charge in [-0.2, -0.15) is 0 Å². The molecule has 2 aromatic carbocycles. The molecule has 1 N–H and O–H groups in total. The number of aryl methyl sites for hydroxylation is 1. The van der Waals surface area contributed by atoms with Gasteiger partial charge in [0, 0.05) is 6.08 Å². The molecular formula is C24H31NO4. The molecule has 5 heteroatoms. The van der Waals surface area contributed by atoms with E-state index in [4.69, 9.17) is 14.2 Å². The summed E-state index contributed by atoms with van der Waals surface area (Å²) in [7, 11) is 1.61. The maximum absolute atomic E-state index is 12.0. The van der Waals surface area contributed by atoms with Crippen molar-refractivity contribution in [2.24, 2.45) is 0 Å². The van der Waals surface area contributed by atoms with E-state index in [0.717, 1.165) is 36.3 Å². The largest absolute Gasteiger partial charge is 0.493 e. The fourth-order valence-electron chi connectivity index (χ4n) is 2.65. The Hall–Kier alpha value is -2.95. The monoisotopic (exact) mass is 397 g/mol. The average Bonchev–Trinajstić information content (AvgIpc) is 2.74. The van der Waals surface area contributed by atoms with Crippen LogP contribution in [0.4, 0.5) is 0 Å². The molecule has 0 atom stereocenters. The fourth-order valence-corrected chi connectivity index (χ4v) is 2.65. The Balaban J connectivity index is 1.77. The van der Waals surface area contributed by atoms with Gasteiger partial charge in [-0.3, -0.25) is 4.79 Å². The lowest BCUT2D eigenvalue weighted by molar-refractivity contribution is -0.116. The first kappa shape index (κ1) is 22.3. The summed E-state index contributed by atoms with van der Waals surface area (Å²) in [4.78, 5) is 12.0. The Morgan fingerprint density at radius 3 is 2.52 bits per heavy atom. The number of ether oxygens (including phenoxy) is 3. The molecule has 0 radical (unpaired) electrons. The second-order valence-corrected chi connectivity index (χ2v) is 6.75. The fraction of sp³-hybridized carbons (Fsp3) is 0.375. The van der Waals surface area contributed by atoms with Crippen LogP contribution in [0, 0.1) is 6.92 Å². The molecule has 29 heavy (non-hydrogen) atoms. The minimum absolute atomic E-state index is 0.170. The van der Waals surface area contributed by atoms with Gasteiger partial charge in [-0.1, -0.05) is 43.5 Å². The minimum atomic E-state index is -0.170. The van der Waals surface area contributed by atoms with Gasteiger partial charge in [0.25, 0.3) is 0 Å². The molecule has 0 saturated carbocycles. The standard InChI is InChI=1S/C24H31NO4/c1-4-5-6-16-29-22-13-9-20(18-23(22)27-3)10-14-24(26)25-15-17-28-21-11-7-19(2)8-12-21/h7-14,18H,4-6,15-17H2,1-3H3,(H,25,26)/b14-10+. The Bertz CT molecular complexity index is 784. The lowest BCUT2D eigenvalue weighted by Gasteiger charge is -2.11. The van der Waals surface area contributed by atoms with Crippen molar-refractivity contribution in [3.63, 3.8) is 0 Å². The van der Waals surface area contributed by atoms with Crippen LogP contribution in [0.5, 0.6) is 17.2 Å². The number of carbonyl (C=O) groups excluding carboxylic acids is 1. The zero-order valence-electron chi connectivity index (χ0n) is 17.6. The first-order valence-electron chi connectivity index (χ1n) is 10.1. The highest BCUT2D eigenvalue weighted by Crippen LogP contribution is 2.28. The topological polar surface area (TPSA) is 56.8 Å². The van der Waals surface area contributed by atoms with Crippen molar-refractivity contribution in [1.29, 1.82) is 0 Å². The molecule has 0 saturated heterocycles. The average molecular weight is 398 g/mol. The highest BCUT2D eigenvalue weighted by Gasteiger charge is 2.05. The second-order valence-electron chi connectivity index (χ2n) is 6.75. The zero-order chi connectivity index (χ0) is 20.9. The maximum Gasteiger partial charge on any atom is 0.244 e. The van der Waals surface area contributed by atoms with Crippen molar-refractivity contribution in [3.8, 4) is 17.2 Å². The number of hydrogen-bond donors (Lipinski definition) is 1. The van der Waals surface area contributed by atoms with Crippen LogP contribution in [0.15, 0.2) is 48.5 Å². The van der Waals surface area contributed by atoms with Crippen LogP contribution in [0.3, 0.4) is 0 Å². The lowest BCUT2D eigenvalue weighted by Crippen LogP contribution is -2.26. The van der Waals surface area contributed by atoms with E-state index in [0.29, 0.717) is 25.5 Å². The van der Waals surface area contributed by atoms with Gasteiger partial charge in [0.05, 0.1) is 20.3 Å². The summed E-state index contributed by atoms with van der Waals surface area (Å²) in [6, 6.07) is 13.5. The van der Waals surface area contributed by atoms with E-state index in [2.05, 4.69) is 12.2 Å². The van der Waals surface area contributed by atoms with E-state index in [-0.39, 0.29) is 5.91 Å². The van der Waals surface area contributed by atoms with E-state index in [1.54, 1.807) is 13.2 Å². The van der Waals surface area contributed by atoms with Gasteiger partial charge in [-0.25, -0.2) is 0 Å². The number of rotatable bonds is 12. The van der Waals surface area contributed by atoms with E-state index in [1.807, 2.05) is 49.4 Å². The van der Waals surface area contributed by atoms with Crippen molar-refractivity contribution < 1.29 is 19.0 Å². The van der Waals surface area contributed by atoms with E-state index >= 15 is 0 Å². The summed E-state index contributed by atoms with van der Waals surface area (Å²) >= 11 is 0. The van der Waals surface area contributed by atoms with Crippen LogP contribution < -0.4 is 19.5 Å². The quantitative estimate of drug-likeness (QED) is 0.414. The molecule has 0 bridgehead atoms. The number of benzene rings is 2. The third kappa shape index (κ3) is 8.30. The molecule has 0 spiro atoms. The predicted octanol–water partition coefficient (Wildman–Crippen LogP) is 4.78. The molecule has 5 nitrogen and oxygen atoms in total. The number of unbranched alkanes of at least 4 members (excludes halogenated alkanes) is 2. The molecular weight excluding hydrogens is 366 g/mol. The minimum Gasteiger partial charge on any atom is -0.493 e. The second kappa shape index (κ2) is 12.5. The Morgan fingerprint density at radius 1 is 1.00 bits per heavy atom. The van der Waals surface area contributed by atoms with Gasteiger partial charge in [0.2, 0.25) is 5.91 Å². The number of methoxy groups -OCH3 is 1. The SMILES string of the molecule is CCCCCOc1ccc(/C=C/C(=O)NCCOc2ccc(C)cc2)cc1OC. The Morgan fingerprint density at radius 2 is 1.79 bits per heavy atom. The maximum atomic E-state index is 12.0. The van der Waals surface area contributed by atoms with Crippen LogP contribution >= 0.6 is 0 Å². The van der Waals surface area contributed by atoms with Gasteiger partial charge in [-0.15, -0.1) is 0 Å². The summed E-state index contributed by atoms with van der Waals surface area (Å²) < 4.78 is 16.8. The van der Waals surface area contributed by atoms with Crippen LogP contribution in [-0.4, -0.2) is 32.8 Å². The van der Waals surface area contributed by atoms with Gasteiger partial charge in [-0.05, 0) is 49.2 Å². The molecule has 0 aliphatic rings. The van der Waals surface area contributed by atoms with Crippen LogP contribution in [0.25, 0.3) is 6.08 Å². The molecule has 0 aliphatic heterocycles. The smallest absolute Gasteiger partial charge is 0.244 e. The first-order chi connectivity index (χ1) is 14.1. The normalized spacial score (nSPS) is 10.7. The Kier molecular flexibility index (Phi) is 9.63. The van der Waals surface area contributed by atoms with Gasteiger partial charge in [0.15, 0.2) is 11.5 Å². The number of carbonyl (C=O) groups is 1. The molecule has 2 aromatic rings. The molecule has 0 aromatic heterocycles. The van der Waals surface area contributed by atoms with Crippen molar-refractivity contribution in [2.75, 3.05) is 26.9 Å². The highest BCUT2D eigenvalue weighted by atomic mass is 16.5. The van der Waals surface area contributed by atoms with Crippen LogP contribution in [0.2, 0.25) is 0 Å². The third-order valence-corrected chi connectivity index (χ3v) is 4.31. The zero-order valence-corrected chi connectivity index (χ0v) is 17.6. The molecule has 2 rings (SSSR count). The molecule has 1 amide bonds.